The third-order valence-corrected chi connectivity index (χ3v) is 6.01. The van der Waals surface area contributed by atoms with Crippen LogP contribution in [-0.4, -0.2) is 45.1 Å². The molecule has 7 heteroatoms. The van der Waals surface area contributed by atoms with Crippen LogP contribution in [0.3, 0.4) is 0 Å². The van der Waals surface area contributed by atoms with Gasteiger partial charge in [-0.05, 0) is 57.4 Å². The summed E-state index contributed by atoms with van der Waals surface area (Å²) < 4.78 is 33.7. The lowest BCUT2D eigenvalue weighted by atomic mass is 9.92. The number of halogens is 2. The molecule has 0 bridgehead atoms. The highest BCUT2D eigenvalue weighted by Gasteiger charge is 2.31. The SMILES string of the molecule is CC(C)(C)OC(=O)CC(O)C(F)C(O)/C=C/c1c(C2CC2)nc2ccccc2c1-c1ccc(F)cc1. The van der Waals surface area contributed by atoms with E-state index in [4.69, 9.17) is 9.72 Å². The molecule has 0 saturated heterocycles. The quantitative estimate of drug-likeness (QED) is 0.391. The number of aliphatic hydroxyl groups excluding tert-OH is 2. The second-order valence-electron chi connectivity index (χ2n) is 10.2. The molecule has 3 unspecified atom stereocenters. The fourth-order valence-corrected chi connectivity index (χ4v) is 4.21. The van der Waals surface area contributed by atoms with Crippen molar-refractivity contribution in [3.8, 4) is 11.1 Å². The first-order chi connectivity index (χ1) is 17.0. The zero-order chi connectivity index (χ0) is 26.0. The molecule has 36 heavy (non-hydrogen) atoms. The predicted molar refractivity (Wildman–Crippen MR) is 136 cm³/mol. The first kappa shape index (κ1) is 25.9. The molecule has 4 rings (SSSR count). The predicted octanol–water partition coefficient (Wildman–Crippen LogP) is 5.72. The molecule has 1 aliphatic rings. The molecule has 0 spiro atoms. The van der Waals surface area contributed by atoms with Crippen molar-refractivity contribution in [2.24, 2.45) is 0 Å². The van der Waals surface area contributed by atoms with Crippen LogP contribution < -0.4 is 0 Å². The number of hydrogen-bond donors (Lipinski definition) is 2. The number of fused-ring (bicyclic) bond motifs is 1. The van der Waals surface area contributed by atoms with Gasteiger partial charge in [0.2, 0.25) is 0 Å². The molecule has 3 aromatic rings. The van der Waals surface area contributed by atoms with Gasteiger partial charge >= 0.3 is 5.97 Å². The number of pyridine rings is 1. The Morgan fingerprint density at radius 2 is 1.81 bits per heavy atom. The van der Waals surface area contributed by atoms with Crippen molar-refractivity contribution >= 4 is 22.9 Å². The van der Waals surface area contributed by atoms with Gasteiger partial charge in [0.1, 0.15) is 17.5 Å². The minimum atomic E-state index is -2.10. The van der Waals surface area contributed by atoms with Crippen LogP contribution in [0.4, 0.5) is 8.78 Å². The number of nitrogens with zero attached hydrogens (tertiary/aromatic N) is 1. The maximum atomic E-state index is 14.9. The average Bonchev–Trinajstić information content (AvgIpc) is 3.66. The Kier molecular flexibility index (Phi) is 7.52. The van der Waals surface area contributed by atoms with Gasteiger partial charge in [0.25, 0.3) is 0 Å². The van der Waals surface area contributed by atoms with E-state index in [1.165, 1.54) is 18.2 Å². The number of ether oxygens (including phenoxy) is 1. The molecule has 1 saturated carbocycles. The number of para-hydroxylation sites is 1. The molecular weight excluding hydrogens is 464 g/mol. The minimum Gasteiger partial charge on any atom is -0.460 e. The summed E-state index contributed by atoms with van der Waals surface area (Å²) in [6.07, 6.45) is -1.24. The molecule has 1 heterocycles. The van der Waals surface area contributed by atoms with Gasteiger partial charge in [-0.15, -0.1) is 0 Å². The van der Waals surface area contributed by atoms with Gasteiger partial charge in [-0.3, -0.25) is 9.78 Å². The van der Waals surface area contributed by atoms with Crippen molar-refractivity contribution in [1.29, 1.82) is 0 Å². The molecule has 0 amide bonds. The van der Waals surface area contributed by atoms with Crippen molar-refractivity contribution in [3.63, 3.8) is 0 Å². The van der Waals surface area contributed by atoms with E-state index < -0.39 is 36.4 Å². The summed E-state index contributed by atoms with van der Waals surface area (Å²) in [5, 5.41) is 21.5. The summed E-state index contributed by atoms with van der Waals surface area (Å²) in [7, 11) is 0. The van der Waals surface area contributed by atoms with E-state index in [2.05, 4.69) is 0 Å². The summed E-state index contributed by atoms with van der Waals surface area (Å²) in [6.45, 7) is 5.03. The molecule has 1 aromatic heterocycles. The van der Waals surface area contributed by atoms with E-state index in [1.54, 1.807) is 39.0 Å². The molecule has 0 aliphatic heterocycles. The summed E-state index contributed by atoms with van der Waals surface area (Å²) in [4.78, 5) is 16.8. The second-order valence-corrected chi connectivity index (χ2v) is 10.2. The molecule has 0 radical (unpaired) electrons. The van der Waals surface area contributed by atoms with E-state index in [9.17, 15) is 23.8 Å². The maximum Gasteiger partial charge on any atom is 0.309 e. The number of rotatable bonds is 8. The number of aromatic nitrogens is 1. The molecule has 1 fully saturated rings. The fraction of sp³-hybridized carbons (Fsp3) is 0.379. The Labute approximate surface area is 209 Å². The lowest BCUT2D eigenvalue weighted by molar-refractivity contribution is -0.158. The molecule has 190 valence electrons. The Morgan fingerprint density at radius 3 is 2.44 bits per heavy atom. The van der Waals surface area contributed by atoms with Crippen molar-refractivity contribution in [1.82, 2.24) is 4.98 Å². The zero-order valence-electron chi connectivity index (χ0n) is 20.6. The molecule has 5 nitrogen and oxygen atoms in total. The summed E-state index contributed by atoms with van der Waals surface area (Å²) in [6, 6.07) is 13.8. The topological polar surface area (TPSA) is 79.7 Å². The highest BCUT2D eigenvalue weighted by atomic mass is 19.1. The average molecular weight is 496 g/mol. The number of alkyl halides is 1. The smallest absolute Gasteiger partial charge is 0.309 e. The van der Waals surface area contributed by atoms with Gasteiger partial charge in [-0.25, -0.2) is 8.78 Å². The third-order valence-electron chi connectivity index (χ3n) is 6.01. The molecule has 1 aliphatic carbocycles. The van der Waals surface area contributed by atoms with Crippen LogP contribution in [0.5, 0.6) is 0 Å². The monoisotopic (exact) mass is 495 g/mol. The first-order valence-corrected chi connectivity index (χ1v) is 12.1. The Balaban J connectivity index is 1.68. The van der Waals surface area contributed by atoms with Crippen LogP contribution in [-0.2, 0) is 9.53 Å². The van der Waals surface area contributed by atoms with Gasteiger partial charge < -0.3 is 14.9 Å². The number of carbonyl (C=O) groups is 1. The number of carbonyl (C=O) groups excluding carboxylic acids is 1. The molecule has 2 aromatic carbocycles. The Hall–Kier alpha value is -3.16. The van der Waals surface area contributed by atoms with Gasteiger partial charge in [-0.1, -0.05) is 42.5 Å². The van der Waals surface area contributed by atoms with E-state index in [0.717, 1.165) is 46.1 Å². The minimum absolute atomic E-state index is 0.240. The van der Waals surface area contributed by atoms with Crippen molar-refractivity contribution < 1.29 is 28.5 Å². The van der Waals surface area contributed by atoms with Gasteiger partial charge in [0.05, 0.1) is 23.7 Å². The van der Waals surface area contributed by atoms with Crippen LogP contribution in [0.25, 0.3) is 28.1 Å². The maximum absolute atomic E-state index is 14.9. The van der Waals surface area contributed by atoms with Crippen LogP contribution in [0.2, 0.25) is 0 Å². The number of hydrogen-bond acceptors (Lipinski definition) is 5. The van der Waals surface area contributed by atoms with Crippen LogP contribution in [0.1, 0.15) is 57.2 Å². The van der Waals surface area contributed by atoms with Gasteiger partial charge in [0, 0.05) is 22.4 Å². The first-order valence-electron chi connectivity index (χ1n) is 12.1. The van der Waals surface area contributed by atoms with E-state index in [0.29, 0.717) is 0 Å². The van der Waals surface area contributed by atoms with E-state index in [1.807, 2.05) is 24.3 Å². The summed E-state index contributed by atoms with van der Waals surface area (Å²) in [5.74, 6) is -0.863. The van der Waals surface area contributed by atoms with Crippen LogP contribution >= 0.6 is 0 Å². The zero-order valence-corrected chi connectivity index (χ0v) is 20.6. The highest BCUT2D eigenvalue weighted by molar-refractivity contribution is 5.99. The standard InChI is InChI=1S/C29H31F2NO4/c1-29(2,3)36-25(35)16-24(34)27(31)23(33)15-14-21-26(17-10-12-19(30)13-11-17)20-6-4-5-7-22(20)32-28(21)18-8-9-18/h4-7,10-15,18,23-24,27,33-34H,8-9,16H2,1-3H3/b15-14+. The van der Waals surface area contributed by atoms with Gasteiger partial charge in [-0.2, -0.15) is 0 Å². The highest BCUT2D eigenvalue weighted by Crippen LogP contribution is 2.45. The summed E-state index contributed by atoms with van der Waals surface area (Å²) >= 11 is 0. The fourth-order valence-electron chi connectivity index (χ4n) is 4.21. The van der Waals surface area contributed by atoms with Gasteiger partial charge in [0.15, 0.2) is 6.17 Å². The molecular formula is C29H31F2NO4. The summed E-state index contributed by atoms with van der Waals surface area (Å²) in [5.41, 5.74) is 3.17. The molecule has 3 atom stereocenters. The lowest BCUT2D eigenvalue weighted by Crippen LogP contribution is -2.36. The Bertz CT molecular complexity index is 1260. The third kappa shape index (κ3) is 6.15. The molecule has 2 N–H and O–H groups in total. The van der Waals surface area contributed by atoms with Crippen LogP contribution in [0.15, 0.2) is 54.6 Å². The van der Waals surface area contributed by atoms with Crippen LogP contribution in [0, 0.1) is 5.82 Å². The number of esters is 1. The second kappa shape index (κ2) is 10.4. The largest absolute Gasteiger partial charge is 0.460 e. The van der Waals surface area contributed by atoms with Crippen molar-refractivity contribution in [2.75, 3.05) is 0 Å². The normalized spacial score (nSPS) is 16.8. The lowest BCUT2D eigenvalue weighted by Gasteiger charge is -2.22. The van der Waals surface area contributed by atoms with E-state index >= 15 is 0 Å². The number of aliphatic hydroxyl groups is 2. The van der Waals surface area contributed by atoms with E-state index in [-0.39, 0.29) is 11.7 Å². The number of benzene rings is 2. The van der Waals surface area contributed by atoms with Crippen molar-refractivity contribution in [2.45, 2.75) is 69.9 Å². The Morgan fingerprint density at radius 1 is 1.14 bits per heavy atom. The van der Waals surface area contributed by atoms with Crippen molar-refractivity contribution in [3.05, 3.63) is 71.7 Å².